The first kappa shape index (κ1) is 12.7. The molecule has 1 atom stereocenters. The second kappa shape index (κ2) is 6.25. The number of aliphatic hydroxyl groups excluding tert-OH is 1. The molecule has 0 radical (unpaired) electrons. The first-order chi connectivity index (χ1) is 7.69. The number of hydrogen-bond acceptors (Lipinski definition) is 4. The summed E-state index contributed by atoms with van der Waals surface area (Å²) in [7, 11) is 3.38. The SMILES string of the molecule is COCC(O)CN(C)c1ccccc1C=O. The van der Waals surface area contributed by atoms with Gasteiger partial charge in [0, 0.05) is 32.0 Å². The molecule has 1 aromatic rings. The molecule has 0 heterocycles. The quantitative estimate of drug-likeness (QED) is 0.729. The average Bonchev–Trinajstić information content (AvgIpc) is 2.29. The molecule has 0 aromatic heterocycles. The number of aldehydes is 1. The number of anilines is 1. The van der Waals surface area contributed by atoms with Crippen LogP contribution in [0, 0.1) is 0 Å². The van der Waals surface area contributed by atoms with Crippen molar-refractivity contribution in [3.8, 4) is 0 Å². The molecule has 0 aliphatic carbocycles. The number of para-hydroxylation sites is 1. The predicted octanol–water partition coefficient (Wildman–Crippen LogP) is 0.943. The van der Waals surface area contributed by atoms with Gasteiger partial charge in [-0.15, -0.1) is 0 Å². The Balaban J connectivity index is 2.71. The zero-order chi connectivity index (χ0) is 12.0. The van der Waals surface area contributed by atoms with E-state index in [-0.39, 0.29) is 6.61 Å². The molecule has 0 bridgehead atoms. The summed E-state index contributed by atoms with van der Waals surface area (Å²) in [5.41, 5.74) is 1.43. The van der Waals surface area contributed by atoms with Crippen molar-refractivity contribution in [2.24, 2.45) is 0 Å². The predicted molar refractivity (Wildman–Crippen MR) is 63.0 cm³/mol. The van der Waals surface area contributed by atoms with E-state index in [9.17, 15) is 9.90 Å². The lowest BCUT2D eigenvalue weighted by molar-refractivity contribution is 0.0695. The number of carbonyl (C=O) groups is 1. The maximum absolute atomic E-state index is 10.8. The van der Waals surface area contributed by atoms with Gasteiger partial charge in [0.25, 0.3) is 0 Å². The van der Waals surface area contributed by atoms with Crippen molar-refractivity contribution in [3.63, 3.8) is 0 Å². The van der Waals surface area contributed by atoms with E-state index in [1.54, 1.807) is 13.2 Å². The molecular weight excluding hydrogens is 206 g/mol. The van der Waals surface area contributed by atoms with Crippen LogP contribution in [0.15, 0.2) is 24.3 Å². The summed E-state index contributed by atoms with van der Waals surface area (Å²) in [6.45, 7) is 0.715. The van der Waals surface area contributed by atoms with Gasteiger partial charge >= 0.3 is 0 Å². The summed E-state index contributed by atoms with van der Waals surface area (Å²) in [5.74, 6) is 0. The second-order valence-electron chi connectivity index (χ2n) is 3.67. The molecular formula is C12H17NO3. The van der Waals surface area contributed by atoms with Crippen molar-refractivity contribution < 1.29 is 14.6 Å². The van der Waals surface area contributed by atoms with Crippen LogP contribution >= 0.6 is 0 Å². The third kappa shape index (κ3) is 3.32. The Bertz CT molecular complexity index is 341. The number of aliphatic hydroxyl groups is 1. The Morgan fingerprint density at radius 1 is 1.50 bits per heavy atom. The summed E-state index contributed by atoms with van der Waals surface area (Å²) < 4.78 is 4.85. The number of ether oxygens (including phenoxy) is 1. The van der Waals surface area contributed by atoms with Crippen LogP contribution < -0.4 is 4.90 Å². The third-order valence-corrected chi connectivity index (χ3v) is 2.32. The Morgan fingerprint density at radius 2 is 2.19 bits per heavy atom. The van der Waals surface area contributed by atoms with Crippen LogP contribution in [0.25, 0.3) is 0 Å². The third-order valence-electron chi connectivity index (χ3n) is 2.32. The minimum absolute atomic E-state index is 0.285. The lowest BCUT2D eigenvalue weighted by Crippen LogP contribution is -2.32. The minimum atomic E-state index is -0.560. The number of likely N-dealkylation sites (N-methyl/N-ethyl adjacent to an activating group) is 1. The van der Waals surface area contributed by atoms with Crippen molar-refractivity contribution >= 4 is 12.0 Å². The van der Waals surface area contributed by atoms with Crippen LogP contribution in [0.3, 0.4) is 0 Å². The molecule has 16 heavy (non-hydrogen) atoms. The largest absolute Gasteiger partial charge is 0.389 e. The van der Waals surface area contributed by atoms with E-state index in [2.05, 4.69) is 0 Å². The van der Waals surface area contributed by atoms with E-state index >= 15 is 0 Å². The lowest BCUT2D eigenvalue weighted by Gasteiger charge is -2.23. The average molecular weight is 223 g/mol. The fourth-order valence-corrected chi connectivity index (χ4v) is 1.59. The fraction of sp³-hybridized carbons (Fsp3) is 0.417. The van der Waals surface area contributed by atoms with Crippen molar-refractivity contribution in [2.75, 3.05) is 32.2 Å². The lowest BCUT2D eigenvalue weighted by atomic mass is 10.1. The smallest absolute Gasteiger partial charge is 0.152 e. The maximum Gasteiger partial charge on any atom is 0.152 e. The van der Waals surface area contributed by atoms with Crippen molar-refractivity contribution in [1.29, 1.82) is 0 Å². The summed E-state index contributed by atoms with van der Waals surface area (Å²) in [4.78, 5) is 12.7. The molecule has 1 aromatic carbocycles. The van der Waals surface area contributed by atoms with Crippen LogP contribution in [-0.2, 0) is 4.74 Å². The fourth-order valence-electron chi connectivity index (χ4n) is 1.59. The molecule has 0 aliphatic heterocycles. The zero-order valence-corrected chi connectivity index (χ0v) is 9.59. The van der Waals surface area contributed by atoms with E-state index in [0.29, 0.717) is 12.1 Å². The highest BCUT2D eigenvalue weighted by Gasteiger charge is 2.10. The number of methoxy groups -OCH3 is 1. The molecule has 0 aliphatic rings. The Kier molecular flexibility index (Phi) is 4.95. The van der Waals surface area contributed by atoms with E-state index < -0.39 is 6.10 Å². The molecule has 4 heteroatoms. The monoisotopic (exact) mass is 223 g/mol. The van der Waals surface area contributed by atoms with Crippen LogP contribution in [0.5, 0.6) is 0 Å². The van der Waals surface area contributed by atoms with Gasteiger partial charge in [0.2, 0.25) is 0 Å². The van der Waals surface area contributed by atoms with E-state index in [4.69, 9.17) is 4.74 Å². The molecule has 4 nitrogen and oxygen atoms in total. The summed E-state index contributed by atoms with van der Waals surface area (Å²) >= 11 is 0. The Hall–Kier alpha value is -1.39. The molecule has 88 valence electrons. The number of rotatable bonds is 6. The normalized spacial score (nSPS) is 12.2. The topological polar surface area (TPSA) is 49.8 Å². The maximum atomic E-state index is 10.8. The van der Waals surface area contributed by atoms with E-state index in [1.165, 1.54) is 0 Å². The summed E-state index contributed by atoms with van der Waals surface area (Å²) in [5, 5.41) is 9.59. The van der Waals surface area contributed by atoms with Gasteiger partial charge in [0.15, 0.2) is 6.29 Å². The van der Waals surface area contributed by atoms with E-state index in [0.717, 1.165) is 12.0 Å². The van der Waals surface area contributed by atoms with Gasteiger partial charge in [0.05, 0.1) is 12.7 Å². The standard InChI is InChI=1S/C12H17NO3/c1-13(7-11(15)9-16-2)12-6-4-3-5-10(12)8-14/h3-6,8,11,15H,7,9H2,1-2H3. The highest BCUT2D eigenvalue weighted by molar-refractivity contribution is 5.84. The van der Waals surface area contributed by atoms with Crippen LogP contribution in [0.4, 0.5) is 5.69 Å². The Morgan fingerprint density at radius 3 is 2.81 bits per heavy atom. The molecule has 1 N–H and O–H groups in total. The summed E-state index contributed by atoms with van der Waals surface area (Å²) in [6, 6.07) is 7.28. The first-order valence-electron chi connectivity index (χ1n) is 5.11. The van der Waals surface area contributed by atoms with Gasteiger partial charge in [-0.05, 0) is 12.1 Å². The van der Waals surface area contributed by atoms with Crippen LogP contribution in [0.1, 0.15) is 10.4 Å². The highest BCUT2D eigenvalue weighted by Crippen LogP contribution is 2.17. The number of benzene rings is 1. The van der Waals surface area contributed by atoms with Gasteiger partial charge in [-0.25, -0.2) is 0 Å². The van der Waals surface area contributed by atoms with Gasteiger partial charge in [-0.2, -0.15) is 0 Å². The number of hydrogen-bond donors (Lipinski definition) is 1. The van der Waals surface area contributed by atoms with Gasteiger partial charge in [-0.3, -0.25) is 4.79 Å². The molecule has 0 amide bonds. The first-order valence-corrected chi connectivity index (χ1v) is 5.11. The number of carbonyl (C=O) groups excluding carboxylic acids is 1. The molecule has 0 saturated heterocycles. The van der Waals surface area contributed by atoms with Crippen molar-refractivity contribution in [1.82, 2.24) is 0 Å². The van der Waals surface area contributed by atoms with Gasteiger partial charge in [0.1, 0.15) is 0 Å². The van der Waals surface area contributed by atoms with Crippen molar-refractivity contribution in [2.45, 2.75) is 6.10 Å². The molecule has 0 spiro atoms. The zero-order valence-electron chi connectivity index (χ0n) is 9.59. The Labute approximate surface area is 95.5 Å². The van der Waals surface area contributed by atoms with E-state index in [1.807, 2.05) is 30.1 Å². The van der Waals surface area contributed by atoms with Crippen molar-refractivity contribution in [3.05, 3.63) is 29.8 Å². The second-order valence-corrected chi connectivity index (χ2v) is 3.67. The molecule has 1 rings (SSSR count). The number of nitrogens with zero attached hydrogens (tertiary/aromatic N) is 1. The van der Waals surface area contributed by atoms with Gasteiger partial charge < -0.3 is 14.7 Å². The minimum Gasteiger partial charge on any atom is -0.389 e. The molecule has 0 saturated carbocycles. The highest BCUT2D eigenvalue weighted by atomic mass is 16.5. The molecule has 1 unspecified atom stereocenters. The van der Waals surface area contributed by atoms with Gasteiger partial charge in [-0.1, -0.05) is 12.1 Å². The van der Waals surface area contributed by atoms with Crippen LogP contribution in [0.2, 0.25) is 0 Å². The summed E-state index contributed by atoms with van der Waals surface area (Å²) in [6.07, 6.45) is 0.254. The molecule has 0 fully saturated rings. The van der Waals surface area contributed by atoms with Crippen LogP contribution in [-0.4, -0.2) is 44.8 Å².